The van der Waals surface area contributed by atoms with Crippen LogP contribution < -0.4 is 0 Å². The highest BCUT2D eigenvalue weighted by molar-refractivity contribution is 5.62. The summed E-state index contributed by atoms with van der Waals surface area (Å²) in [6, 6.07) is 11.5. The monoisotopic (exact) mass is 265 g/mol. The van der Waals surface area contributed by atoms with Crippen molar-refractivity contribution in [3.8, 4) is 17.5 Å². The molecular formula is C13H7N5O2. The van der Waals surface area contributed by atoms with Gasteiger partial charge in [-0.05, 0) is 12.1 Å². The van der Waals surface area contributed by atoms with Gasteiger partial charge in [0.05, 0.1) is 10.5 Å². The minimum Gasteiger partial charge on any atom is -0.281 e. The van der Waals surface area contributed by atoms with E-state index in [0.717, 1.165) is 0 Å². The Morgan fingerprint density at radius 2 is 2.10 bits per heavy atom. The number of nitro groups is 1. The van der Waals surface area contributed by atoms with Gasteiger partial charge >= 0.3 is 0 Å². The van der Waals surface area contributed by atoms with Crippen LogP contribution in [0.25, 0.3) is 17.0 Å². The van der Waals surface area contributed by atoms with Crippen molar-refractivity contribution < 1.29 is 4.92 Å². The van der Waals surface area contributed by atoms with Crippen molar-refractivity contribution in [2.45, 2.75) is 0 Å². The summed E-state index contributed by atoms with van der Waals surface area (Å²) in [5.74, 6) is 0.459. The molecule has 0 atom stereocenters. The second-order valence-corrected chi connectivity index (χ2v) is 4.09. The molecule has 0 aliphatic heterocycles. The van der Waals surface area contributed by atoms with Crippen molar-refractivity contribution in [2.24, 2.45) is 0 Å². The van der Waals surface area contributed by atoms with Crippen LogP contribution in [-0.2, 0) is 0 Å². The van der Waals surface area contributed by atoms with Gasteiger partial charge in [-0.3, -0.25) is 14.5 Å². The first-order valence-corrected chi connectivity index (χ1v) is 5.69. The van der Waals surface area contributed by atoms with Crippen molar-refractivity contribution >= 4 is 11.3 Å². The average molecular weight is 265 g/mol. The quantitative estimate of drug-likeness (QED) is 0.522. The van der Waals surface area contributed by atoms with Crippen LogP contribution in [0.2, 0.25) is 0 Å². The van der Waals surface area contributed by atoms with Crippen molar-refractivity contribution in [2.75, 3.05) is 0 Å². The third kappa shape index (κ3) is 1.85. The Morgan fingerprint density at radius 3 is 2.85 bits per heavy atom. The normalized spacial score (nSPS) is 10.3. The molecule has 3 aromatic rings. The highest BCUT2D eigenvalue weighted by Crippen LogP contribution is 2.23. The number of hydrogen-bond donors (Lipinski definition) is 0. The van der Waals surface area contributed by atoms with Crippen LogP contribution in [0.3, 0.4) is 0 Å². The Hall–Kier alpha value is -3.27. The van der Waals surface area contributed by atoms with Gasteiger partial charge in [-0.1, -0.05) is 12.1 Å². The first-order valence-electron chi connectivity index (χ1n) is 5.69. The van der Waals surface area contributed by atoms with E-state index in [9.17, 15) is 10.1 Å². The molecule has 0 radical (unpaired) electrons. The van der Waals surface area contributed by atoms with E-state index in [0.29, 0.717) is 22.6 Å². The van der Waals surface area contributed by atoms with Crippen molar-refractivity contribution in [1.82, 2.24) is 14.6 Å². The van der Waals surface area contributed by atoms with Crippen LogP contribution in [0.1, 0.15) is 5.56 Å². The van der Waals surface area contributed by atoms with E-state index in [1.54, 1.807) is 34.9 Å². The van der Waals surface area contributed by atoms with Gasteiger partial charge in [-0.15, -0.1) is 10.2 Å². The Balaban J connectivity index is 2.22. The molecule has 2 aromatic heterocycles. The molecule has 0 unspecified atom stereocenters. The number of nitro benzene ring substituents is 1. The summed E-state index contributed by atoms with van der Waals surface area (Å²) in [4.78, 5) is 10.3. The Morgan fingerprint density at radius 1 is 1.25 bits per heavy atom. The molecule has 7 nitrogen and oxygen atoms in total. The molecule has 1 aromatic carbocycles. The summed E-state index contributed by atoms with van der Waals surface area (Å²) in [7, 11) is 0. The van der Waals surface area contributed by atoms with E-state index < -0.39 is 4.92 Å². The highest BCUT2D eigenvalue weighted by Gasteiger charge is 2.12. The van der Waals surface area contributed by atoms with Crippen LogP contribution >= 0.6 is 0 Å². The third-order valence-corrected chi connectivity index (χ3v) is 2.85. The molecule has 0 aliphatic rings. The van der Waals surface area contributed by atoms with Gasteiger partial charge in [0.2, 0.25) is 0 Å². The molecule has 0 saturated carbocycles. The summed E-state index contributed by atoms with van der Waals surface area (Å²) in [6.45, 7) is 0. The predicted octanol–water partition coefficient (Wildman–Crippen LogP) is 2.18. The fourth-order valence-corrected chi connectivity index (χ4v) is 1.91. The Kier molecular flexibility index (Phi) is 2.62. The molecule has 0 spiro atoms. The lowest BCUT2D eigenvalue weighted by Gasteiger charge is -2.00. The molecule has 0 fully saturated rings. The fraction of sp³-hybridized carbons (Fsp3) is 0. The minimum atomic E-state index is -0.465. The van der Waals surface area contributed by atoms with Crippen molar-refractivity contribution in [1.29, 1.82) is 5.26 Å². The molecule has 0 amide bonds. The number of rotatable bonds is 2. The minimum absolute atomic E-state index is 0.0179. The zero-order valence-electron chi connectivity index (χ0n) is 10.1. The topological polar surface area (TPSA) is 97.1 Å². The zero-order valence-corrected chi connectivity index (χ0v) is 10.1. The molecule has 0 bridgehead atoms. The molecule has 0 saturated heterocycles. The zero-order chi connectivity index (χ0) is 14.1. The van der Waals surface area contributed by atoms with E-state index in [2.05, 4.69) is 10.2 Å². The van der Waals surface area contributed by atoms with Gasteiger partial charge in [-0.25, -0.2) is 0 Å². The lowest BCUT2D eigenvalue weighted by atomic mass is 10.2. The Labute approximate surface area is 112 Å². The second kappa shape index (κ2) is 4.44. The number of aromatic nitrogens is 3. The van der Waals surface area contributed by atoms with Crippen LogP contribution in [0.4, 0.5) is 5.69 Å². The standard InChI is InChI=1S/C13H7N5O2/c14-7-9-4-5-12-15-16-13(17(12)8-9)10-2-1-3-11(6-10)18(19)20/h1-6,8H. The number of non-ortho nitro benzene ring substituents is 1. The number of benzene rings is 1. The predicted molar refractivity (Wildman–Crippen MR) is 69.8 cm³/mol. The van der Waals surface area contributed by atoms with Gasteiger partial charge in [0, 0.05) is 23.9 Å². The summed E-state index contributed by atoms with van der Waals surface area (Å²) >= 11 is 0. The summed E-state index contributed by atoms with van der Waals surface area (Å²) < 4.78 is 1.64. The number of nitrogens with zero attached hydrogens (tertiary/aromatic N) is 5. The van der Waals surface area contributed by atoms with Gasteiger partial charge < -0.3 is 0 Å². The van der Waals surface area contributed by atoms with Crippen LogP contribution in [0.15, 0.2) is 42.6 Å². The first kappa shape index (κ1) is 11.8. The van der Waals surface area contributed by atoms with E-state index in [4.69, 9.17) is 5.26 Å². The molecule has 7 heteroatoms. The first-order chi connectivity index (χ1) is 9.69. The van der Waals surface area contributed by atoms with Gasteiger partial charge in [0.25, 0.3) is 5.69 Å². The molecule has 2 heterocycles. The SMILES string of the molecule is N#Cc1ccc2nnc(-c3cccc([N+](=O)[O-])c3)n2c1. The van der Waals surface area contributed by atoms with E-state index in [-0.39, 0.29) is 5.69 Å². The van der Waals surface area contributed by atoms with Crippen molar-refractivity contribution in [3.63, 3.8) is 0 Å². The number of hydrogen-bond acceptors (Lipinski definition) is 5. The van der Waals surface area contributed by atoms with Gasteiger partial charge in [-0.2, -0.15) is 5.26 Å². The Bertz CT molecular complexity index is 863. The van der Waals surface area contributed by atoms with Crippen molar-refractivity contribution in [3.05, 3.63) is 58.3 Å². The molecule has 20 heavy (non-hydrogen) atoms. The van der Waals surface area contributed by atoms with E-state index in [1.165, 1.54) is 12.1 Å². The fourth-order valence-electron chi connectivity index (χ4n) is 1.91. The summed E-state index contributed by atoms with van der Waals surface area (Å²) in [6.07, 6.45) is 1.60. The van der Waals surface area contributed by atoms with Gasteiger partial charge in [0.15, 0.2) is 11.5 Å². The smallest absolute Gasteiger partial charge is 0.270 e. The molecule has 0 N–H and O–H groups in total. The van der Waals surface area contributed by atoms with E-state index in [1.807, 2.05) is 6.07 Å². The van der Waals surface area contributed by atoms with Gasteiger partial charge in [0.1, 0.15) is 6.07 Å². The molecular weight excluding hydrogens is 258 g/mol. The third-order valence-electron chi connectivity index (χ3n) is 2.85. The second-order valence-electron chi connectivity index (χ2n) is 4.09. The van der Waals surface area contributed by atoms with E-state index >= 15 is 0 Å². The number of nitriles is 1. The molecule has 0 aliphatic carbocycles. The highest BCUT2D eigenvalue weighted by atomic mass is 16.6. The maximum Gasteiger partial charge on any atom is 0.270 e. The summed E-state index contributed by atoms with van der Waals surface area (Å²) in [5.41, 5.74) is 1.59. The lowest BCUT2D eigenvalue weighted by molar-refractivity contribution is -0.384. The summed E-state index contributed by atoms with van der Waals surface area (Å²) in [5, 5.41) is 27.7. The maximum atomic E-state index is 10.8. The number of pyridine rings is 1. The van der Waals surface area contributed by atoms with Crippen LogP contribution in [-0.4, -0.2) is 19.5 Å². The maximum absolute atomic E-state index is 10.8. The van der Waals surface area contributed by atoms with Crippen LogP contribution in [0.5, 0.6) is 0 Å². The molecule has 3 rings (SSSR count). The number of fused-ring (bicyclic) bond motifs is 1. The molecule has 96 valence electrons. The van der Waals surface area contributed by atoms with Crippen LogP contribution in [0, 0.1) is 21.4 Å². The average Bonchev–Trinajstić information content (AvgIpc) is 2.90. The lowest BCUT2D eigenvalue weighted by Crippen LogP contribution is -1.92. The largest absolute Gasteiger partial charge is 0.281 e.